The fourth-order valence-corrected chi connectivity index (χ4v) is 2.58. The van der Waals surface area contributed by atoms with Crippen molar-refractivity contribution in [3.63, 3.8) is 0 Å². The molecule has 0 saturated heterocycles. The average molecular weight is 303 g/mol. The van der Waals surface area contributed by atoms with Crippen molar-refractivity contribution in [2.45, 2.75) is 26.2 Å². The number of carbonyl (C=O) groups excluding carboxylic acids is 1. The molecule has 0 atom stereocenters. The van der Waals surface area contributed by atoms with Gasteiger partial charge >= 0.3 is 5.97 Å². The van der Waals surface area contributed by atoms with Crippen molar-refractivity contribution in [3.8, 4) is 0 Å². The zero-order chi connectivity index (χ0) is 15.9. The highest BCUT2D eigenvalue weighted by Crippen LogP contribution is 2.29. The first-order valence-corrected chi connectivity index (χ1v) is 7.31. The van der Waals surface area contributed by atoms with Gasteiger partial charge in [0.2, 0.25) is 0 Å². The van der Waals surface area contributed by atoms with Crippen LogP contribution in [0.3, 0.4) is 0 Å². The molecular weight excluding hydrogens is 282 g/mol. The highest BCUT2D eigenvalue weighted by Gasteiger charge is 2.23. The van der Waals surface area contributed by atoms with Gasteiger partial charge in [0.15, 0.2) is 0 Å². The quantitative estimate of drug-likeness (QED) is 0.363. The first-order valence-electron chi connectivity index (χ1n) is 7.31. The minimum absolute atomic E-state index is 0.413. The second-order valence-corrected chi connectivity index (χ2v) is 4.95. The van der Waals surface area contributed by atoms with Crippen LogP contribution in [0.15, 0.2) is 29.6 Å². The summed E-state index contributed by atoms with van der Waals surface area (Å²) in [6, 6.07) is 5.94. The molecule has 0 heterocycles. The lowest BCUT2D eigenvalue weighted by Crippen LogP contribution is -2.17. The molecule has 1 aliphatic carbocycles. The predicted octanol–water partition coefficient (Wildman–Crippen LogP) is 2.73. The first kappa shape index (κ1) is 16.1. The van der Waals surface area contributed by atoms with E-state index in [-0.39, 0.29) is 0 Å². The summed E-state index contributed by atoms with van der Waals surface area (Å²) < 4.78 is 9.91. The molecule has 1 aromatic rings. The van der Waals surface area contributed by atoms with Gasteiger partial charge in [-0.15, -0.1) is 0 Å². The molecule has 1 aromatic carbocycles. The van der Waals surface area contributed by atoms with Crippen LogP contribution >= 0.6 is 0 Å². The van der Waals surface area contributed by atoms with Crippen molar-refractivity contribution in [1.82, 2.24) is 0 Å². The van der Waals surface area contributed by atoms with Crippen LogP contribution in [0.5, 0.6) is 0 Å². The third kappa shape index (κ3) is 3.47. The second kappa shape index (κ2) is 7.64. The Morgan fingerprint density at radius 3 is 2.82 bits per heavy atom. The maximum absolute atomic E-state index is 12.0. The Labute approximate surface area is 130 Å². The van der Waals surface area contributed by atoms with E-state index < -0.39 is 5.97 Å². The third-order valence-electron chi connectivity index (χ3n) is 3.59. The standard InChI is InChI=1S/C17H21NO4/c1-4-22-18-13-9-8-12-6-5-7-14(15(12)10-13)16(11-20-2)17(19)21-3/h5-7,11H,4,8-10H2,1-3H3/b16-11+,18-13?. The van der Waals surface area contributed by atoms with E-state index in [1.165, 1.54) is 26.0 Å². The van der Waals surface area contributed by atoms with Gasteiger partial charge in [-0.2, -0.15) is 0 Å². The number of rotatable bonds is 5. The van der Waals surface area contributed by atoms with Gasteiger partial charge in [0, 0.05) is 6.42 Å². The van der Waals surface area contributed by atoms with Gasteiger partial charge in [0.1, 0.15) is 12.2 Å². The maximum atomic E-state index is 12.0. The Kier molecular flexibility index (Phi) is 5.58. The van der Waals surface area contributed by atoms with Gasteiger partial charge in [-0.1, -0.05) is 23.4 Å². The fraction of sp³-hybridized carbons (Fsp3) is 0.412. The minimum atomic E-state index is -0.413. The lowest BCUT2D eigenvalue weighted by atomic mass is 9.85. The Morgan fingerprint density at radius 2 is 2.14 bits per heavy atom. The van der Waals surface area contributed by atoms with E-state index in [0.29, 0.717) is 18.6 Å². The molecule has 0 fully saturated rings. The molecule has 0 bridgehead atoms. The maximum Gasteiger partial charge on any atom is 0.341 e. The molecule has 0 radical (unpaired) electrons. The molecule has 2 rings (SSSR count). The zero-order valence-corrected chi connectivity index (χ0v) is 13.2. The molecule has 0 spiro atoms. The van der Waals surface area contributed by atoms with Gasteiger partial charge in [-0.3, -0.25) is 0 Å². The van der Waals surface area contributed by atoms with Crippen LogP contribution in [0, 0.1) is 0 Å². The smallest absolute Gasteiger partial charge is 0.341 e. The topological polar surface area (TPSA) is 57.1 Å². The number of hydrogen-bond donors (Lipinski definition) is 0. The number of fused-ring (bicyclic) bond motifs is 1. The van der Waals surface area contributed by atoms with E-state index in [9.17, 15) is 4.79 Å². The molecule has 22 heavy (non-hydrogen) atoms. The SMILES string of the molecule is CCON=C1CCc2cccc(/C(=C\OC)C(=O)OC)c2C1. The number of oxime groups is 1. The van der Waals surface area contributed by atoms with Gasteiger partial charge in [0.05, 0.1) is 26.2 Å². The van der Waals surface area contributed by atoms with Crippen LogP contribution in [-0.4, -0.2) is 32.5 Å². The Morgan fingerprint density at radius 1 is 1.32 bits per heavy atom. The van der Waals surface area contributed by atoms with Crippen molar-refractivity contribution in [2.24, 2.45) is 5.16 Å². The summed E-state index contributed by atoms with van der Waals surface area (Å²) in [5, 5.41) is 4.16. The lowest BCUT2D eigenvalue weighted by molar-refractivity contribution is -0.133. The molecular formula is C17H21NO4. The normalized spacial score (nSPS) is 16.1. The first-order chi connectivity index (χ1) is 10.7. The summed E-state index contributed by atoms with van der Waals surface area (Å²) in [5.41, 5.74) is 4.54. The summed E-state index contributed by atoms with van der Waals surface area (Å²) in [5.74, 6) is -0.413. The monoisotopic (exact) mass is 303 g/mol. The predicted molar refractivity (Wildman–Crippen MR) is 84.5 cm³/mol. The Bertz CT molecular complexity index is 605. The van der Waals surface area contributed by atoms with E-state index in [0.717, 1.165) is 29.7 Å². The average Bonchev–Trinajstić information content (AvgIpc) is 2.56. The largest absolute Gasteiger partial charge is 0.503 e. The molecule has 118 valence electrons. The van der Waals surface area contributed by atoms with Crippen LogP contribution in [0.2, 0.25) is 0 Å². The molecule has 0 amide bonds. The molecule has 1 aliphatic rings. The van der Waals surface area contributed by atoms with E-state index in [2.05, 4.69) is 11.2 Å². The number of methoxy groups -OCH3 is 2. The van der Waals surface area contributed by atoms with Gasteiger partial charge in [0.25, 0.3) is 0 Å². The third-order valence-corrected chi connectivity index (χ3v) is 3.59. The molecule has 0 N–H and O–H groups in total. The highest BCUT2D eigenvalue weighted by molar-refractivity contribution is 6.17. The van der Waals surface area contributed by atoms with Crippen molar-refractivity contribution < 1.29 is 19.1 Å². The summed E-state index contributed by atoms with van der Waals surface area (Å²) in [7, 11) is 2.88. The van der Waals surface area contributed by atoms with E-state index in [4.69, 9.17) is 14.3 Å². The number of hydrogen-bond acceptors (Lipinski definition) is 5. The number of aryl methyl sites for hydroxylation is 1. The summed E-state index contributed by atoms with van der Waals surface area (Å²) in [4.78, 5) is 17.2. The highest BCUT2D eigenvalue weighted by atomic mass is 16.6. The summed E-state index contributed by atoms with van der Waals surface area (Å²) >= 11 is 0. The summed E-state index contributed by atoms with van der Waals surface area (Å²) in [6.07, 6.45) is 3.85. The van der Waals surface area contributed by atoms with Crippen molar-refractivity contribution >= 4 is 17.3 Å². The number of benzene rings is 1. The molecule has 0 aliphatic heterocycles. The van der Waals surface area contributed by atoms with E-state index >= 15 is 0 Å². The van der Waals surface area contributed by atoms with Crippen LogP contribution in [-0.2, 0) is 31.9 Å². The lowest BCUT2D eigenvalue weighted by Gasteiger charge is -2.21. The van der Waals surface area contributed by atoms with Crippen LogP contribution in [0.4, 0.5) is 0 Å². The Hall–Kier alpha value is -2.30. The van der Waals surface area contributed by atoms with Gasteiger partial charge < -0.3 is 14.3 Å². The summed E-state index contributed by atoms with van der Waals surface area (Å²) in [6.45, 7) is 2.46. The van der Waals surface area contributed by atoms with Crippen molar-refractivity contribution in [1.29, 1.82) is 0 Å². The minimum Gasteiger partial charge on any atom is -0.503 e. The number of nitrogens with zero attached hydrogens (tertiary/aromatic N) is 1. The number of ether oxygens (including phenoxy) is 2. The van der Waals surface area contributed by atoms with Crippen LogP contribution < -0.4 is 0 Å². The zero-order valence-electron chi connectivity index (χ0n) is 13.2. The Balaban J connectivity index is 2.43. The van der Waals surface area contributed by atoms with E-state index in [1.807, 2.05) is 19.1 Å². The number of esters is 1. The molecule has 5 nitrogen and oxygen atoms in total. The second-order valence-electron chi connectivity index (χ2n) is 4.95. The van der Waals surface area contributed by atoms with Gasteiger partial charge in [-0.05, 0) is 36.5 Å². The molecule has 5 heteroatoms. The molecule has 0 aromatic heterocycles. The van der Waals surface area contributed by atoms with Gasteiger partial charge in [-0.25, -0.2) is 4.79 Å². The fourth-order valence-electron chi connectivity index (χ4n) is 2.58. The number of carbonyl (C=O) groups is 1. The van der Waals surface area contributed by atoms with Crippen molar-refractivity contribution in [2.75, 3.05) is 20.8 Å². The van der Waals surface area contributed by atoms with Crippen molar-refractivity contribution in [3.05, 3.63) is 41.2 Å². The molecule has 0 saturated carbocycles. The van der Waals surface area contributed by atoms with Crippen LogP contribution in [0.25, 0.3) is 5.57 Å². The molecule has 0 unspecified atom stereocenters. The van der Waals surface area contributed by atoms with E-state index in [1.54, 1.807) is 0 Å². The van der Waals surface area contributed by atoms with Crippen LogP contribution in [0.1, 0.15) is 30.0 Å².